The van der Waals surface area contributed by atoms with E-state index in [1.165, 1.54) is 62.5 Å². The minimum absolute atomic E-state index is 0.487. The molecular weight excluding hydrogens is 613 g/mol. The minimum atomic E-state index is 0.487. The van der Waals surface area contributed by atoms with Crippen molar-refractivity contribution in [3.63, 3.8) is 0 Å². The summed E-state index contributed by atoms with van der Waals surface area (Å²) >= 11 is 0. The molecular formula is C51H90. The summed E-state index contributed by atoms with van der Waals surface area (Å²) < 4.78 is 0. The van der Waals surface area contributed by atoms with E-state index in [2.05, 4.69) is 152 Å². The smallest absolute Gasteiger partial charge is 0.0163 e. The van der Waals surface area contributed by atoms with Crippen LogP contribution in [-0.2, 0) is 12.8 Å². The van der Waals surface area contributed by atoms with E-state index in [0.717, 1.165) is 42.4 Å². The molecule has 0 heterocycles. The molecule has 0 radical (unpaired) electrons. The Morgan fingerprint density at radius 1 is 0.882 bits per heavy atom. The van der Waals surface area contributed by atoms with Gasteiger partial charge in [0.15, 0.2) is 0 Å². The third-order valence-electron chi connectivity index (χ3n) is 10.5. The summed E-state index contributed by atoms with van der Waals surface area (Å²) in [6.07, 6.45) is 20.0. The van der Waals surface area contributed by atoms with Gasteiger partial charge in [0, 0.05) is 0 Å². The van der Waals surface area contributed by atoms with E-state index in [9.17, 15) is 0 Å². The maximum absolute atomic E-state index is 4.51. The fourth-order valence-electron chi connectivity index (χ4n) is 6.73. The minimum Gasteiger partial charge on any atom is -0.106 e. The second kappa shape index (κ2) is 34.5. The summed E-state index contributed by atoms with van der Waals surface area (Å²) in [6, 6.07) is 8.95. The van der Waals surface area contributed by atoms with E-state index in [1.54, 1.807) is 17.2 Å². The van der Waals surface area contributed by atoms with Crippen molar-refractivity contribution < 1.29 is 0 Å². The van der Waals surface area contributed by atoms with Crippen LogP contribution in [0.15, 0.2) is 112 Å². The lowest BCUT2D eigenvalue weighted by Crippen LogP contribution is -2.17. The van der Waals surface area contributed by atoms with E-state index in [4.69, 9.17) is 0 Å². The van der Waals surface area contributed by atoms with Crippen LogP contribution in [0.25, 0.3) is 0 Å². The number of fused-ring (bicyclic) bond motifs is 1. The molecule has 5 atom stereocenters. The highest BCUT2D eigenvalue weighted by Gasteiger charge is 2.58. The highest BCUT2D eigenvalue weighted by atomic mass is 14.6. The van der Waals surface area contributed by atoms with Crippen LogP contribution < -0.4 is 0 Å². The molecule has 0 saturated heterocycles. The molecule has 1 aromatic carbocycles. The van der Waals surface area contributed by atoms with Crippen molar-refractivity contribution in [3.05, 3.63) is 123 Å². The number of hydrogen-bond donors (Lipinski definition) is 0. The van der Waals surface area contributed by atoms with Crippen LogP contribution in [0.2, 0.25) is 0 Å². The van der Waals surface area contributed by atoms with Crippen LogP contribution in [0.1, 0.15) is 153 Å². The third-order valence-corrected chi connectivity index (χ3v) is 10.5. The van der Waals surface area contributed by atoms with E-state index in [0.29, 0.717) is 17.3 Å². The van der Waals surface area contributed by atoms with Gasteiger partial charge < -0.3 is 0 Å². The number of allylic oxidation sites excluding steroid dienone is 6. The molecule has 3 rings (SSSR count). The Morgan fingerprint density at radius 2 is 1.35 bits per heavy atom. The summed E-state index contributed by atoms with van der Waals surface area (Å²) in [5.74, 6) is 5.26. The highest BCUT2D eigenvalue weighted by molar-refractivity contribution is 5.33. The molecule has 51 heavy (non-hydrogen) atoms. The van der Waals surface area contributed by atoms with Crippen LogP contribution >= 0.6 is 0 Å². The average Bonchev–Trinajstić information content (AvgIpc) is 3.44. The van der Waals surface area contributed by atoms with E-state index in [-0.39, 0.29) is 0 Å². The first-order valence-electron chi connectivity index (χ1n) is 20.5. The zero-order chi connectivity index (χ0) is 40.6. The van der Waals surface area contributed by atoms with Crippen LogP contribution in [0, 0.1) is 46.8 Å². The van der Waals surface area contributed by atoms with E-state index in [1.807, 2.05) is 32.9 Å². The van der Waals surface area contributed by atoms with Gasteiger partial charge in [-0.05, 0) is 123 Å². The third kappa shape index (κ3) is 24.3. The number of hydrogen-bond acceptors (Lipinski definition) is 0. The first-order valence-corrected chi connectivity index (χ1v) is 20.5. The van der Waals surface area contributed by atoms with Crippen molar-refractivity contribution in [2.45, 2.75) is 154 Å². The summed E-state index contributed by atoms with van der Waals surface area (Å²) in [5.41, 5.74) is 6.34. The van der Waals surface area contributed by atoms with Gasteiger partial charge in [0.2, 0.25) is 0 Å². The largest absolute Gasteiger partial charge is 0.106 e. The molecule has 1 aromatic rings. The van der Waals surface area contributed by atoms with Crippen molar-refractivity contribution in [2.24, 2.45) is 46.8 Å². The molecule has 0 bridgehead atoms. The summed E-state index contributed by atoms with van der Waals surface area (Å²) in [6.45, 7) is 57.7. The zero-order valence-electron chi connectivity index (χ0n) is 36.9. The topological polar surface area (TPSA) is 0 Å². The van der Waals surface area contributed by atoms with Crippen LogP contribution in [0.3, 0.4) is 0 Å². The molecule has 294 valence electrons. The number of benzene rings is 1. The number of rotatable bonds is 15. The molecule has 0 amide bonds. The number of unbranched alkanes of at least 4 members (excludes halogenated alkanes) is 1. The monoisotopic (exact) mass is 703 g/mol. The van der Waals surface area contributed by atoms with Crippen molar-refractivity contribution in [1.29, 1.82) is 0 Å². The SMILES string of the molecule is C=C.C=C(C)CCCC.C=CC.C=CC(CC(=C)C(C)C1Cc2ccccc2C1)C1C(CC)C1(C)C.C=CCC.C=CCCC(C)C(C)C.CC. The van der Waals surface area contributed by atoms with Gasteiger partial charge in [0.1, 0.15) is 0 Å². The molecule has 0 heteroatoms. The van der Waals surface area contributed by atoms with Crippen molar-refractivity contribution >= 4 is 0 Å². The Labute approximate surface area is 323 Å². The lowest BCUT2D eigenvalue weighted by molar-refractivity contribution is 0.385. The van der Waals surface area contributed by atoms with Crippen LogP contribution in [0.4, 0.5) is 0 Å². The zero-order valence-corrected chi connectivity index (χ0v) is 36.9. The Hall–Kier alpha value is -2.60. The second-order valence-electron chi connectivity index (χ2n) is 15.1. The van der Waals surface area contributed by atoms with E-state index < -0.39 is 0 Å². The standard InChI is InChI=1S/C24H34.C9H18.C7H14.C4H8.C3H6.C2H6.C2H4/c1-7-18(23-22(8-2)24(23,5)6)13-16(3)17(4)21-14-19-11-9-10-12-20(19)15-21;1-5-6-7-9(4)8(2)3;1-4-5-6-7(2)3;1-3-4-2;1-3-2;2*1-2/h7,9-12,17-18,21-23H,1,3,8,13-15H2,2,4-6H3;5,8-9H,1,6-7H2,2-4H3;2,4-6H2,1,3H3;3H,1,4H2,2H3;3H,1H2,2H3;1-2H3;1-2H2. The fraction of sp³-hybridized carbons (Fsp3) is 0.608. The molecule has 5 unspecified atom stereocenters. The molecule has 0 spiro atoms. The second-order valence-corrected chi connectivity index (χ2v) is 15.1. The molecule has 0 aromatic heterocycles. The highest BCUT2D eigenvalue weighted by Crippen LogP contribution is 2.64. The van der Waals surface area contributed by atoms with Crippen molar-refractivity contribution in [2.75, 3.05) is 0 Å². The van der Waals surface area contributed by atoms with Crippen LogP contribution in [-0.4, -0.2) is 0 Å². The van der Waals surface area contributed by atoms with Gasteiger partial charge in [-0.25, -0.2) is 0 Å². The van der Waals surface area contributed by atoms with Gasteiger partial charge in [0.05, 0.1) is 0 Å². The molecule has 1 fully saturated rings. The summed E-state index contributed by atoms with van der Waals surface area (Å²) in [7, 11) is 0. The van der Waals surface area contributed by atoms with Gasteiger partial charge in [-0.1, -0.05) is 155 Å². The maximum Gasteiger partial charge on any atom is -0.0163 e. The first-order chi connectivity index (χ1) is 24.2. The Kier molecular flexibility index (Phi) is 37.3. The average molecular weight is 703 g/mol. The Morgan fingerprint density at radius 3 is 1.65 bits per heavy atom. The van der Waals surface area contributed by atoms with E-state index >= 15 is 0 Å². The predicted octanol–water partition coefficient (Wildman–Crippen LogP) is 17.1. The predicted molar refractivity (Wildman–Crippen MR) is 242 cm³/mol. The maximum atomic E-state index is 4.51. The summed E-state index contributed by atoms with van der Waals surface area (Å²) in [5, 5.41) is 0. The molecule has 1 saturated carbocycles. The lowest BCUT2D eigenvalue weighted by atomic mass is 9.80. The van der Waals surface area contributed by atoms with Gasteiger partial charge in [0.25, 0.3) is 0 Å². The summed E-state index contributed by atoms with van der Waals surface area (Å²) in [4.78, 5) is 0. The van der Waals surface area contributed by atoms with Crippen molar-refractivity contribution in [1.82, 2.24) is 0 Å². The van der Waals surface area contributed by atoms with Gasteiger partial charge in [-0.3, -0.25) is 0 Å². The quantitative estimate of drug-likeness (QED) is 0.160. The van der Waals surface area contributed by atoms with Crippen molar-refractivity contribution in [3.8, 4) is 0 Å². The molecule has 0 nitrogen and oxygen atoms in total. The van der Waals surface area contributed by atoms with Gasteiger partial charge >= 0.3 is 0 Å². The molecule has 2 aliphatic rings. The Bertz CT molecular complexity index is 1010. The molecule has 0 aliphatic heterocycles. The van der Waals surface area contributed by atoms with Gasteiger partial charge in [-0.15, -0.1) is 46.1 Å². The fourth-order valence-corrected chi connectivity index (χ4v) is 6.73. The first kappa shape index (κ1) is 55.2. The van der Waals surface area contributed by atoms with Gasteiger partial charge in [-0.2, -0.15) is 0 Å². The normalized spacial score (nSPS) is 17.5. The van der Waals surface area contributed by atoms with Crippen LogP contribution in [0.5, 0.6) is 0 Å². The lowest BCUT2D eigenvalue weighted by Gasteiger charge is -2.25. The Balaban J connectivity index is -0.000000337. The molecule has 2 aliphatic carbocycles. The molecule has 0 N–H and O–H groups in total.